The lowest BCUT2D eigenvalue weighted by molar-refractivity contribution is 0.1000. The van der Waals surface area contributed by atoms with Crippen molar-refractivity contribution in [3.63, 3.8) is 0 Å². The smallest absolute Gasteiger partial charge is 0.248 e. The van der Waals surface area contributed by atoms with Gasteiger partial charge in [0.05, 0.1) is 0 Å². The van der Waals surface area contributed by atoms with Crippen LogP contribution in [0.5, 0.6) is 11.6 Å². The number of primary amides is 1. The van der Waals surface area contributed by atoms with Gasteiger partial charge in [-0.1, -0.05) is 12.1 Å². The van der Waals surface area contributed by atoms with Crippen LogP contribution in [0.25, 0.3) is 0 Å². The van der Waals surface area contributed by atoms with Crippen LogP contribution in [0.4, 0.5) is 0 Å². The molecule has 0 bridgehead atoms. The zero-order valence-electron chi connectivity index (χ0n) is 8.46. The van der Waals surface area contributed by atoms with E-state index in [-0.39, 0.29) is 0 Å². The van der Waals surface area contributed by atoms with Crippen molar-refractivity contribution in [2.45, 2.75) is 0 Å². The standard InChI is InChI=1S/C12H10N2O2/c13-12(15)9-4-3-5-10(8-9)16-11-6-1-2-7-14-11/h1-8H,(H2,13,15). The van der Waals surface area contributed by atoms with Crippen molar-refractivity contribution in [3.8, 4) is 11.6 Å². The lowest BCUT2D eigenvalue weighted by Crippen LogP contribution is -2.10. The summed E-state index contributed by atoms with van der Waals surface area (Å²) in [5.41, 5.74) is 5.58. The summed E-state index contributed by atoms with van der Waals surface area (Å²) in [5.74, 6) is 0.533. The second-order valence-electron chi connectivity index (χ2n) is 3.16. The molecule has 2 N–H and O–H groups in total. The lowest BCUT2D eigenvalue weighted by Gasteiger charge is -2.04. The van der Waals surface area contributed by atoms with Crippen LogP contribution in [0.1, 0.15) is 10.4 Å². The summed E-state index contributed by atoms with van der Waals surface area (Å²) in [6.07, 6.45) is 1.63. The molecule has 0 saturated heterocycles. The monoisotopic (exact) mass is 214 g/mol. The lowest BCUT2D eigenvalue weighted by atomic mass is 10.2. The molecule has 0 spiro atoms. The van der Waals surface area contributed by atoms with Gasteiger partial charge in [-0.25, -0.2) is 4.98 Å². The normalized spacial score (nSPS) is 9.75. The Morgan fingerprint density at radius 2 is 2.06 bits per heavy atom. The molecule has 0 fully saturated rings. The molecule has 0 aliphatic heterocycles. The van der Waals surface area contributed by atoms with Crippen LogP contribution >= 0.6 is 0 Å². The van der Waals surface area contributed by atoms with Gasteiger partial charge in [-0.15, -0.1) is 0 Å². The van der Waals surface area contributed by atoms with Crippen molar-refractivity contribution in [1.29, 1.82) is 0 Å². The average Bonchev–Trinajstić information content (AvgIpc) is 2.30. The summed E-state index contributed by atoms with van der Waals surface area (Å²) < 4.78 is 5.45. The number of hydrogen-bond donors (Lipinski definition) is 1. The molecule has 1 aromatic heterocycles. The highest BCUT2D eigenvalue weighted by Crippen LogP contribution is 2.19. The molecule has 1 aromatic carbocycles. The zero-order valence-corrected chi connectivity index (χ0v) is 8.46. The Labute approximate surface area is 92.7 Å². The third-order valence-electron chi connectivity index (χ3n) is 1.98. The Hall–Kier alpha value is -2.36. The van der Waals surface area contributed by atoms with Gasteiger partial charge in [-0.3, -0.25) is 4.79 Å². The van der Waals surface area contributed by atoms with Crippen molar-refractivity contribution in [1.82, 2.24) is 4.98 Å². The summed E-state index contributed by atoms with van der Waals surface area (Å²) in [6, 6.07) is 12.0. The fourth-order valence-electron chi connectivity index (χ4n) is 1.24. The van der Waals surface area contributed by atoms with Gasteiger partial charge in [-0.05, 0) is 24.3 Å². The fraction of sp³-hybridized carbons (Fsp3) is 0. The molecular formula is C12H10N2O2. The number of aromatic nitrogens is 1. The highest BCUT2D eigenvalue weighted by Gasteiger charge is 2.02. The number of amides is 1. The number of nitrogens with zero attached hydrogens (tertiary/aromatic N) is 1. The number of carbonyl (C=O) groups is 1. The van der Waals surface area contributed by atoms with Gasteiger partial charge >= 0.3 is 0 Å². The molecule has 0 unspecified atom stereocenters. The first-order valence-electron chi connectivity index (χ1n) is 4.74. The van der Waals surface area contributed by atoms with Crippen LogP contribution in [0.15, 0.2) is 48.7 Å². The first kappa shape index (κ1) is 10.2. The summed E-state index contributed by atoms with van der Waals surface area (Å²) >= 11 is 0. The molecule has 0 aliphatic carbocycles. The number of rotatable bonds is 3. The van der Waals surface area contributed by atoms with Crippen molar-refractivity contribution >= 4 is 5.91 Å². The molecule has 80 valence electrons. The van der Waals surface area contributed by atoms with E-state index in [0.717, 1.165) is 0 Å². The molecule has 0 atom stereocenters. The SMILES string of the molecule is NC(=O)c1cccc(Oc2ccccn2)c1. The van der Waals surface area contributed by atoms with Crippen LogP contribution < -0.4 is 10.5 Å². The summed E-state index contributed by atoms with van der Waals surface area (Å²) in [6.45, 7) is 0. The molecule has 16 heavy (non-hydrogen) atoms. The number of carbonyl (C=O) groups excluding carboxylic acids is 1. The minimum atomic E-state index is -0.480. The maximum Gasteiger partial charge on any atom is 0.248 e. The van der Waals surface area contributed by atoms with E-state index in [1.807, 2.05) is 6.07 Å². The largest absolute Gasteiger partial charge is 0.439 e. The molecule has 4 nitrogen and oxygen atoms in total. The molecule has 4 heteroatoms. The Morgan fingerprint density at radius 1 is 1.19 bits per heavy atom. The van der Waals surface area contributed by atoms with Crippen molar-refractivity contribution < 1.29 is 9.53 Å². The highest BCUT2D eigenvalue weighted by molar-refractivity contribution is 5.93. The van der Waals surface area contributed by atoms with E-state index in [9.17, 15) is 4.79 Å². The first-order chi connectivity index (χ1) is 7.75. The van der Waals surface area contributed by atoms with E-state index in [4.69, 9.17) is 10.5 Å². The number of hydrogen-bond acceptors (Lipinski definition) is 3. The highest BCUT2D eigenvalue weighted by atomic mass is 16.5. The van der Waals surface area contributed by atoms with E-state index in [0.29, 0.717) is 17.2 Å². The molecule has 1 amide bonds. The van der Waals surface area contributed by atoms with Gasteiger partial charge in [0.2, 0.25) is 11.8 Å². The third-order valence-corrected chi connectivity index (χ3v) is 1.98. The van der Waals surface area contributed by atoms with E-state index in [1.165, 1.54) is 0 Å². The van der Waals surface area contributed by atoms with Gasteiger partial charge in [0, 0.05) is 17.8 Å². The van der Waals surface area contributed by atoms with Gasteiger partial charge in [0.1, 0.15) is 5.75 Å². The van der Waals surface area contributed by atoms with E-state index < -0.39 is 5.91 Å². The van der Waals surface area contributed by atoms with Gasteiger partial charge in [0.25, 0.3) is 0 Å². The summed E-state index contributed by atoms with van der Waals surface area (Å²) in [4.78, 5) is 15.0. The molecule has 0 saturated carbocycles. The van der Waals surface area contributed by atoms with E-state index >= 15 is 0 Å². The van der Waals surface area contributed by atoms with Crippen molar-refractivity contribution in [3.05, 3.63) is 54.2 Å². The predicted octanol–water partition coefficient (Wildman–Crippen LogP) is 1.97. The maximum atomic E-state index is 11.0. The number of benzene rings is 1. The number of nitrogens with two attached hydrogens (primary N) is 1. The minimum absolute atomic E-state index is 0.411. The van der Waals surface area contributed by atoms with Crippen LogP contribution in [0.3, 0.4) is 0 Å². The number of pyridine rings is 1. The Bertz CT molecular complexity index is 497. The Balaban J connectivity index is 2.22. The maximum absolute atomic E-state index is 11.0. The molecule has 0 aliphatic rings. The topological polar surface area (TPSA) is 65.2 Å². The summed E-state index contributed by atoms with van der Waals surface area (Å²) in [7, 11) is 0. The Kier molecular flexibility index (Phi) is 2.82. The van der Waals surface area contributed by atoms with Gasteiger partial charge in [0.15, 0.2) is 0 Å². The fourth-order valence-corrected chi connectivity index (χ4v) is 1.24. The molecule has 2 rings (SSSR count). The molecule has 1 heterocycles. The van der Waals surface area contributed by atoms with Crippen LogP contribution in [0.2, 0.25) is 0 Å². The summed E-state index contributed by atoms with van der Waals surface area (Å²) in [5, 5.41) is 0. The number of ether oxygens (including phenoxy) is 1. The second-order valence-corrected chi connectivity index (χ2v) is 3.16. The van der Waals surface area contributed by atoms with E-state index in [2.05, 4.69) is 4.98 Å². The quantitative estimate of drug-likeness (QED) is 0.849. The van der Waals surface area contributed by atoms with Crippen LogP contribution in [0, 0.1) is 0 Å². The molecule has 0 radical (unpaired) electrons. The van der Waals surface area contributed by atoms with Gasteiger partial charge in [-0.2, -0.15) is 0 Å². The van der Waals surface area contributed by atoms with Crippen molar-refractivity contribution in [2.75, 3.05) is 0 Å². The first-order valence-corrected chi connectivity index (χ1v) is 4.74. The predicted molar refractivity (Wildman–Crippen MR) is 59.3 cm³/mol. The average molecular weight is 214 g/mol. The van der Waals surface area contributed by atoms with Crippen molar-refractivity contribution in [2.24, 2.45) is 5.73 Å². The van der Waals surface area contributed by atoms with E-state index in [1.54, 1.807) is 42.6 Å². The molecule has 2 aromatic rings. The zero-order chi connectivity index (χ0) is 11.4. The van der Waals surface area contributed by atoms with Crippen LogP contribution in [-0.4, -0.2) is 10.9 Å². The Morgan fingerprint density at radius 3 is 2.75 bits per heavy atom. The minimum Gasteiger partial charge on any atom is -0.439 e. The molecular weight excluding hydrogens is 204 g/mol. The third kappa shape index (κ3) is 2.36. The van der Waals surface area contributed by atoms with Crippen LogP contribution in [-0.2, 0) is 0 Å². The second kappa shape index (κ2) is 4.44. The van der Waals surface area contributed by atoms with Gasteiger partial charge < -0.3 is 10.5 Å².